The van der Waals surface area contributed by atoms with E-state index in [1.807, 2.05) is 57.4 Å². The molecule has 0 aliphatic carbocycles. The largest absolute Gasteiger partial charge is 0.352 e. The SMILES string of the molecule is CSc1ccc(S(=O)(=O)N(CC(=O)N(Cc2ccc(Cl)cc2)C(Cc2ccccc2)C(=O)NC(C)C)c2ccc(C)cc2)cc1. The summed E-state index contributed by atoms with van der Waals surface area (Å²) in [5.74, 6) is -0.844. The summed E-state index contributed by atoms with van der Waals surface area (Å²) in [6.45, 7) is 5.19. The van der Waals surface area contributed by atoms with Gasteiger partial charge < -0.3 is 10.2 Å². The number of benzene rings is 4. The molecule has 0 aliphatic rings. The number of sulfonamides is 1. The minimum absolute atomic E-state index is 0.0660. The third-order valence-corrected chi connectivity index (χ3v) is 10.0. The zero-order valence-electron chi connectivity index (χ0n) is 25.8. The normalized spacial score (nSPS) is 12.0. The number of aryl methyl sites for hydroxylation is 1. The third kappa shape index (κ3) is 9.12. The quantitative estimate of drug-likeness (QED) is 0.160. The molecule has 7 nitrogen and oxygen atoms in total. The van der Waals surface area contributed by atoms with Crippen molar-refractivity contribution in [1.29, 1.82) is 0 Å². The zero-order valence-corrected chi connectivity index (χ0v) is 28.2. The van der Waals surface area contributed by atoms with Gasteiger partial charge in [-0.1, -0.05) is 71.8 Å². The number of thioether (sulfide) groups is 1. The number of halogens is 1. The van der Waals surface area contributed by atoms with Crippen molar-refractivity contribution in [3.63, 3.8) is 0 Å². The van der Waals surface area contributed by atoms with Gasteiger partial charge in [-0.25, -0.2) is 8.42 Å². The number of carbonyl (C=O) groups excluding carboxylic acids is 2. The Kier molecular flexibility index (Phi) is 11.7. The first-order chi connectivity index (χ1) is 21.5. The van der Waals surface area contributed by atoms with Gasteiger partial charge in [0, 0.05) is 28.9 Å². The van der Waals surface area contributed by atoms with Gasteiger partial charge in [0.1, 0.15) is 12.6 Å². The number of carbonyl (C=O) groups is 2. The molecule has 0 heterocycles. The van der Waals surface area contributed by atoms with E-state index in [1.165, 1.54) is 16.7 Å². The maximum absolute atomic E-state index is 14.5. The molecule has 0 bridgehead atoms. The maximum atomic E-state index is 14.5. The van der Waals surface area contributed by atoms with Gasteiger partial charge in [-0.15, -0.1) is 11.8 Å². The molecular weight excluding hydrogens is 626 g/mol. The Morgan fingerprint density at radius 1 is 0.844 bits per heavy atom. The van der Waals surface area contributed by atoms with Crippen LogP contribution in [0, 0.1) is 6.92 Å². The number of nitrogens with zero attached hydrogens (tertiary/aromatic N) is 2. The lowest BCUT2D eigenvalue weighted by molar-refractivity contribution is -0.140. The highest BCUT2D eigenvalue weighted by molar-refractivity contribution is 7.98. The van der Waals surface area contributed by atoms with Gasteiger partial charge >= 0.3 is 0 Å². The first kappa shape index (κ1) is 34.1. The molecule has 236 valence electrons. The van der Waals surface area contributed by atoms with Crippen LogP contribution in [0.1, 0.15) is 30.5 Å². The number of hydrogen-bond donors (Lipinski definition) is 1. The molecule has 4 aromatic carbocycles. The average Bonchev–Trinajstić information content (AvgIpc) is 3.03. The van der Waals surface area contributed by atoms with Crippen LogP contribution >= 0.6 is 23.4 Å². The van der Waals surface area contributed by atoms with Crippen LogP contribution in [0.2, 0.25) is 5.02 Å². The predicted molar refractivity (Wildman–Crippen MR) is 183 cm³/mol. The predicted octanol–water partition coefficient (Wildman–Crippen LogP) is 6.73. The minimum Gasteiger partial charge on any atom is -0.352 e. The summed E-state index contributed by atoms with van der Waals surface area (Å²) in [6.07, 6.45) is 2.16. The van der Waals surface area contributed by atoms with Gasteiger partial charge in [0.25, 0.3) is 10.0 Å². The van der Waals surface area contributed by atoms with Crippen LogP contribution < -0.4 is 9.62 Å². The number of rotatable bonds is 13. The zero-order chi connectivity index (χ0) is 32.6. The smallest absolute Gasteiger partial charge is 0.264 e. The Labute approximate surface area is 275 Å². The summed E-state index contributed by atoms with van der Waals surface area (Å²) < 4.78 is 29.5. The van der Waals surface area contributed by atoms with E-state index in [9.17, 15) is 18.0 Å². The molecule has 45 heavy (non-hydrogen) atoms. The van der Waals surface area contributed by atoms with Crippen molar-refractivity contribution in [1.82, 2.24) is 10.2 Å². The fourth-order valence-electron chi connectivity index (χ4n) is 4.84. The summed E-state index contributed by atoms with van der Waals surface area (Å²) in [5.41, 5.74) is 2.91. The highest BCUT2D eigenvalue weighted by Crippen LogP contribution is 2.27. The molecule has 0 aliphatic heterocycles. The van der Waals surface area contributed by atoms with E-state index >= 15 is 0 Å². The van der Waals surface area contributed by atoms with Gasteiger partial charge in [-0.05, 0) is 86.7 Å². The van der Waals surface area contributed by atoms with Crippen molar-refractivity contribution in [3.8, 4) is 0 Å². The van der Waals surface area contributed by atoms with E-state index in [-0.39, 0.29) is 29.8 Å². The van der Waals surface area contributed by atoms with Gasteiger partial charge in [-0.2, -0.15) is 0 Å². The van der Waals surface area contributed by atoms with Crippen molar-refractivity contribution in [2.45, 2.75) is 55.6 Å². The Bertz CT molecular complexity index is 1680. The number of anilines is 1. The van der Waals surface area contributed by atoms with E-state index < -0.39 is 28.5 Å². The molecule has 2 amide bonds. The monoisotopic (exact) mass is 663 g/mol. The van der Waals surface area contributed by atoms with Crippen LogP contribution in [0.5, 0.6) is 0 Å². The Morgan fingerprint density at radius 2 is 1.47 bits per heavy atom. The third-order valence-electron chi connectivity index (χ3n) is 7.22. The molecule has 0 fully saturated rings. The molecular formula is C35H38ClN3O4S2. The second-order valence-electron chi connectivity index (χ2n) is 11.0. The van der Waals surface area contributed by atoms with Gasteiger partial charge in [0.15, 0.2) is 0 Å². The lowest BCUT2D eigenvalue weighted by Gasteiger charge is -2.34. The topological polar surface area (TPSA) is 86.8 Å². The Hall–Kier alpha value is -3.79. The molecule has 0 aromatic heterocycles. The Balaban J connectivity index is 1.79. The highest BCUT2D eigenvalue weighted by atomic mass is 35.5. The summed E-state index contributed by atoms with van der Waals surface area (Å²) in [6, 6.07) is 29.0. The van der Waals surface area contributed by atoms with Crippen molar-refractivity contribution in [2.75, 3.05) is 17.1 Å². The molecule has 10 heteroatoms. The van der Waals surface area contributed by atoms with Crippen LogP contribution in [-0.2, 0) is 32.6 Å². The van der Waals surface area contributed by atoms with Gasteiger partial charge in [-0.3, -0.25) is 13.9 Å². The minimum atomic E-state index is -4.16. The lowest BCUT2D eigenvalue weighted by Crippen LogP contribution is -2.54. The second kappa shape index (κ2) is 15.5. The second-order valence-corrected chi connectivity index (χ2v) is 14.2. The molecule has 0 saturated heterocycles. The van der Waals surface area contributed by atoms with Gasteiger partial charge in [0.05, 0.1) is 10.6 Å². The number of amides is 2. The lowest BCUT2D eigenvalue weighted by atomic mass is 10.0. The molecule has 1 N–H and O–H groups in total. The van der Waals surface area contributed by atoms with Crippen molar-refractivity contribution in [3.05, 3.63) is 125 Å². The summed E-state index contributed by atoms with van der Waals surface area (Å²) in [5, 5.41) is 3.50. The highest BCUT2D eigenvalue weighted by Gasteiger charge is 2.34. The Morgan fingerprint density at radius 3 is 2.04 bits per heavy atom. The van der Waals surface area contributed by atoms with Gasteiger partial charge in [0.2, 0.25) is 11.8 Å². The average molecular weight is 664 g/mol. The van der Waals surface area contributed by atoms with E-state index in [4.69, 9.17) is 11.6 Å². The van der Waals surface area contributed by atoms with Crippen molar-refractivity contribution in [2.24, 2.45) is 0 Å². The van der Waals surface area contributed by atoms with Crippen molar-refractivity contribution < 1.29 is 18.0 Å². The first-order valence-electron chi connectivity index (χ1n) is 14.6. The number of hydrogen-bond acceptors (Lipinski definition) is 5. The fraction of sp³-hybridized carbons (Fsp3) is 0.257. The number of nitrogens with one attached hydrogen (secondary N) is 1. The maximum Gasteiger partial charge on any atom is 0.264 e. The molecule has 0 radical (unpaired) electrons. The van der Waals surface area contributed by atoms with Crippen LogP contribution in [0.3, 0.4) is 0 Å². The summed E-state index contributed by atoms with van der Waals surface area (Å²) in [4.78, 5) is 30.7. The first-order valence-corrected chi connectivity index (χ1v) is 17.6. The van der Waals surface area contributed by atoms with E-state index in [0.717, 1.165) is 25.9 Å². The van der Waals surface area contributed by atoms with Crippen LogP contribution in [0.15, 0.2) is 113 Å². The molecule has 1 unspecified atom stereocenters. The molecule has 0 saturated carbocycles. The molecule has 4 aromatic rings. The molecule has 4 rings (SSSR count). The standard InChI is InChI=1S/C35H38ClN3O4S2/c1-25(2)37-35(41)33(22-27-8-6-5-7-9-27)38(23-28-12-14-29(36)15-13-28)34(40)24-39(30-16-10-26(3)11-17-30)45(42,43)32-20-18-31(44-4)19-21-32/h5-21,25,33H,22-24H2,1-4H3,(H,37,41). The van der Waals surface area contributed by atoms with Crippen LogP contribution in [0.4, 0.5) is 5.69 Å². The van der Waals surface area contributed by atoms with E-state index in [1.54, 1.807) is 72.8 Å². The molecule has 0 spiro atoms. The van der Waals surface area contributed by atoms with E-state index in [2.05, 4.69) is 5.32 Å². The van der Waals surface area contributed by atoms with Crippen LogP contribution in [0.25, 0.3) is 0 Å². The van der Waals surface area contributed by atoms with Crippen LogP contribution in [-0.4, -0.2) is 50.0 Å². The van der Waals surface area contributed by atoms with E-state index in [0.29, 0.717) is 10.7 Å². The fourth-order valence-corrected chi connectivity index (χ4v) is 6.78. The summed E-state index contributed by atoms with van der Waals surface area (Å²) >= 11 is 7.65. The van der Waals surface area contributed by atoms with Crippen molar-refractivity contribution >= 4 is 50.9 Å². The summed E-state index contributed by atoms with van der Waals surface area (Å²) in [7, 11) is -4.16. The molecule has 1 atom stereocenters.